The third kappa shape index (κ3) is 16.4. The van der Waals surface area contributed by atoms with Crippen LogP contribution in [0.25, 0.3) is 0 Å². The highest BCUT2D eigenvalue weighted by Crippen LogP contribution is 2.76. The Morgan fingerprint density at radius 2 is 0.932 bits per heavy atom. The van der Waals surface area contributed by atoms with Crippen LogP contribution in [-0.4, -0.2) is 393 Å². The molecule has 12 fully saturated rings. The molecule has 46 atom stereocenters. The predicted molar refractivity (Wildman–Crippen MR) is 383 cm³/mol. The van der Waals surface area contributed by atoms with Crippen LogP contribution in [0.15, 0.2) is 11.6 Å². The zero-order valence-corrected chi connectivity index (χ0v) is 67.0. The van der Waals surface area contributed by atoms with Crippen LogP contribution in [-0.2, 0) is 99.7 Å². The van der Waals surface area contributed by atoms with Crippen molar-refractivity contribution in [1.82, 2.24) is 0 Å². The fourth-order valence-electron chi connectivity index (χ4n) is 21.7. The minimum absolute atomic E-state index is 0.108. The lowest BCUT2D eigenvalue weighted by Gasteiger charge is -2.71. The number of fused-ring (bicyclic) bond motifs is 7. The first-order chi connectivity index (χ1) is 55.4. The van der Waals surface area contributed by atoms with E-state index in [0.717, 1.165) is 18.8 Å². The van der Waals surface area contributed by atoms with Gasteiger partial charge in [-0.3, -0.25) is 9.59 Å². The summed E-state index contributed by atoms with van der Waals surface area (Å²) < 4.78 is 103. The number of hydrogen-bond donors (Lipinski definition) is 20. The van der Waals surface area contributed by atoms with E-state index in [2.05, 4.69) is 40.7 Å². The molecule has 41 heteroatoms. The number of carboxylic acids is 1. The second-order valence-electron chi connectivity index (χ2n) is 36.4. The highest BCUT2D eigenvalue weighted by molar-refractivity contribution is 5.79. The highest BCUT2D eigenvalue weighted by Gasteiger charge is 2.72. The quantitative estimate of drug-likeness (QED) is 0.0220. The number of aliphatic carboxylic acids is 1. The molecule has 118 heavy (non-hydrogen) atoms. The number of hydrogen-bond acceptors (Lipinski definition) is 40. The molecule has 8 aliphatic heterocycles. The van der Waals surface area contributed by atoms with Gasteiger partial charge in [-0.15, -0.1) is 0 Å². The Labute approximate surface area is 678 Å². The third-order valence-electron chi connectivity index (χ3n) is 28.8. The van der Waals surface area contributed by atoms with Gasteiger partial charge in [0.05, 0.1) is 62.2 Å². The number of esters is 2. The Morgan fingerprint density at radius 3 is 1.50 bits per heavy atom. The molecular formula is C77H120O41. The van der Waals surface area contributed by atoms with Crippen molar-refractivity contribution in [3.8, 4) is 0 Å². The molecule has 4 saturated carbocycles. The summed E-state index contributed by atoms with van der Waals surface area (Å²) in [5.74, 6) is -4.49. The summed E-state index contributed by atoms with van der Waals surface area (Å²) in [7, 11) is 0. The molecule has 8 saturated heterocycles. The first-order valence-electron chi connectivity index (χ1n) is 40.7. The van der Waals surface area contributed by atoms with Crippen molar-refractivity contribution in [3.05, 3.63) is 11.6 Å². The Bertz CT molecular complexity index is 3510. The number of carbonyl (C=O) groups is 4. The average Bonchev–Trinajstić information content (AvgIpc) is 0.672. The third-order valence-corrected chi connectivity index (χ3v) is 28.8. The summed E-state index contributed by atoms with van der Waals surface area (Å²) in [5, 5.41) is 220. The Hall–Kier alpha value is -3.54. The smallest absolute Gasteiger partial charge is 0.335 e. The summed E-state index contributed by atoms with van der Waals surface area (Å²) >= 11 is 0. The lowest BCUT2D eigenvalue weighted by molar-refractivity contribution is -0.397. The van der Waals surface area contributed by atoms with Crippen molar-refractivity contribution in [2.45, 2.75) is 360 Å². The molecule has 0 radical (unpaired) electrons. The fourth-order valence-corrected chi connectivity index (χ4v) is 21.7. The van der Waals surface area contributed by atoms with Gasteiger partial charge in [0.1, 0.15) is 153 Å². The zero-order chi connectivity index (χ0) is 86.0. The molecule has 0 spiro atoms. The van der Waals surface area contributed by atoms with E-state index in [1.807, 2.05) is 0 Å². The molecule has 41 nitrogen and oxygen atoms in total. The monoisotopic (exact) mass is 1700 g/mol. The summed E-state index contributed by atoms with van der Waals surface area (Å²) in [6.45, 7) is 12.9. The van der Waals surface area contributed by atoms with E-state index < -0.39 is 323 Å². The molecule has 20 N–H and O–H groups in total. The molecule has 5 aliphatic carbocycles. The summed E-state index contributed by atoms with van der Waals surface area (Å²) in [6.07, 6.45) is -62.9. The summed E-state index contributed by atoms with van der Waals surface area (Å²) in [5.41, 5.74) is -3.95. The number of aldehydes is 1. The van der Waals surface area contributed by atoms with E-state index >= 15 is 4.79 Å². The molecule has 13 aliphatic rings. The Balaban J connectivity index is 0.768. The van der Waals surface area contributed by atoms with Crippen molar-refractivity contribution in [3.63, 3.8) is 0 Å². The van der Waals surface area contributed by atoms with Gasteiger partial charge in [-0.1, -0.05) is 53.2 Å². The molecule has 0 aromatic carbocycles. The average molecular weight is 1700 g/mol. The molecule has 0 unspecified atom stereocenters. The van der Waals surface area contributed by atoms with Crippen molar-refractivity contribution in [1.29, 1.82) is 0 Å². The van der Waals surface area contributed by atoms with Gasteiger partial charge in [-0.05, 0) is 117 Å². The van der Waals surface area contributed by atoms with E-state index in [0.29, 0.717) is 51.4 Å². The van der Waals surface area contributed by atoms with Crippen molar-refractivity contribution >= 4 is 24.2 Å². The van der Waals surface area contributed by atoms with Crippen LogP contribution in [0.3, 0.4) is 0 Å². The van der Waals surface area contributed by atoms with Gasteiger partial charge in [0.25, 0.3) is 0 Å². The number of ether oxygens (including phenoxy) is 17. The van der Waals surface area contributed by atoms with Gasteiger partial charge in [0, 0.05) is 6.92 Å². The number of aliphatic hydroxyl groups is 19. The Morgan fingerprint density at radius 1 is 0.449 bits per heavy atom. The number of allylic oxidation sites excluding steroid dienone is 2. The van der Waals surface area contributed by atoms with Gasteiger partial charge < -0.3 is 187 Å². The fraction of sp³-hybridized carbons (Fsp3) is 0.922. The van der Waals surface area contributed by atoms with Crippen LogP contribution < -0.4 is 0 Å². The van der Waals surface area contributed by atoms with Gasteiger partial charge in [0.15, 0.2) is 62.3 Å². The van der Waals surface area contributed by atoms with Crippen LogP contribution in [0, 0.1) is 50.2 Å². The van der Waals surface area contributed by atoms with Crippen molar-refractivity contribution in [2.24, 2.45) is 50.2 Å². The highest BCUT2D eigenvalue weighted by atomic mass is 16.8. The van der Waals surface area contributed by atoms with Gasteiger partial charge >= 0.3 is 17.9 Å². The molecule has 0 amide bonds. The number of rotatable bonds is 21. The molecule has 674 valence electrons. The predicted octanol–water partition coefficient (Wildman–Crippen LogP) is -6.92. The van der Waals surface area contributed by atoms with Gasteiger partial charge in [-0.25, -0.2) is 4.79 Å². The molecule has 0 bridgehead atoms. The summed E-state index contributed by atoms with van der Waals surface area (Å²) in [4.78, 5) is 56.4. The van der Waals surface area contributed by atoms with E-state index in [4.69, 9.17) is 80.5 Å². The van der Waals surface area contributed by atoms with Crippen LogP contribution in [0.4, 0.5) is 0 Å². The zero-order valence-electron chi connectivity index (χ0n) is 67.0. The maximum absolute atomic E-state index is 16.1. The van der Waals surface area contributed by atoms with Crippen LogP contribution in [0.5, 0.6) is 0 Å². The molecular weight excluding hydrogens is 1580 g/mol. The van der Waals surface area contributed by atoms with Crippen LogP contribution in [0.2, 0.25) is 0 Å². The topological polar surface area (TPSA) is 630 Å². The van der Waals surface area contributed by atoms with Crippen LogP contribution >= 0.6 is 0 Å². The molecule has 0 aromatic heterocycles. The normalized spacial score (nSPS) is 53.6. The van der Waals surface area contributed by atoms with Gasteiger partial charge in [-0.2, -0.15) is 0 Å². The summed E-state index contributed by atoms with van der Waals surface area (Å²) in [6, 6.07) is 0. The standard InChI is InChI=1S/C77H120O41/c1-27-54(107-29(3)81)50(95)60(116-68-53(98)58(114-66-48(93)44(89)42(87)35(21-78)108-66)55(28(2)105-68)111-65-52(97)56(34(84)25-104-65)112-63-46(91)40(85)32(82)23-102-63)69(106-27)118-71(101)77-18-16-72(4,5)20-31(77)30-10-11-38-73(6)14-13-39(74(7,26-80)37(73)12-15-76(38,9)75(30,8)17-19-77)110-70-61(117-67-49(94)45(90)43(88)36(22-79)109-67)57(51(96)59(115-70)62(99)100)113-64-47(92)41(86)33(83)24-103-64/h10,26-28,31-61,63-70,78-79,82-98H,11-25H2,1-9H3,(H,99,100)/t27-,28+,31+,32-,33-,34-,35-,36-,37-,38-,39+,40+,41+,42-,43+,44+,45+,46-,47-,48-,49-,50+,51+,52-,53-,54+,55+,56+,57+,58+,59+,60-,61-,63+,64+,65+,66+,67+,68+,69+,70-,73+,74+,75-,76-,77+/m1/s1. The number of aliphatic hydroxyl groups excluding tert-OH is 19. The first-order valence-corrected chi connectivity index (χ1v) is 40.7. The van der Waals surface area contributed by atoms with E-state index in [1.165, 1.54) is 13.8 Å². The Kier molecular flexibility index (Phi) is 27.6. The van der Waals surface area contributed by atoms with E-state index in [1.54, 1.807) is 6.92 Å². The minimum atomic E-state index is -2.23. The molecule has 0 aromatic rings. The molecule has 8 heterocycles. The lowest BCUT2D eigenvalue weighted by atomic mass is 9.33. The maximum atomic E-state index is 16.1. The SMILES string of the molecule is CC(=O)O[C@@H]1[C@H](O)[C@@H](O[C@@H]2O[C@@H](C)[C@H](O[C@@H]3OC[C@@H](O)[C@H](O[C@@H]4OC[C@@H](O)[C@H](O)[C@H]4O)[C@H]3O)[C@@H](O[C@@H]3O[C@H](CO)[C@@H](O)[C@H](O)[C@H]3O)[C@H]2O)[C@H](OC(=O)[C@]23CCC(C)(C)C[C@H]2C2=CC[C@@H]4[C@@]5(C)CC[C@H](O[C@@H]6O[C@H](C(=O)O)[C@@H](O)[C@H](O[C@@H]7OC[C@@H](O)[C@H](O)[C@H]7O)[C@H]6O[C@@H]6O[C@H](CO)[C@H](O)[C@H](O)[C@H]6O)[C@@](C)(C=O)[C@@H]5CC[C@@]4(C)[C@]2(C)CC3)O[C@@H]1C. The molecule has 13 rings (SSSR count). The van der Waals surface area contributed by atoms with E-state index in [-0.39, 0.29) is 24.2 Å². The minimum Gasteiger partial charge on any atom is -0.479 e. The number of carbonyl (C=O) groups excluding carboxylic acids is 3. The first kappa shape index (κ1) is 92.1. The number of carboxylic acid groups (broad SMARTS) is 1. The largest absolute Gasteiger partial charge is 0.479 e. The van der Waals surface area contributed by atoms with E-state index in [9.17, 15) is 117 Å². The maximum Gasteiger partial charge on any atom is 0.335 e. The second-order valence-corrected chi connectivity index (χ2v) is 36.4. The second kappa shape index (κ2) is 35.4. The van der Waals surface area contributed by atoms with Gasteiger partial charge in [0.2, 0.25) is 6.29 Å². The lowest BCUT2D eigenvalue weighted by Crippen LogP contribution is -2.69. The van der Waals surface area contributed by atoms with Crippen LogP contribution in [0.1, 0.15) is 127 Å². The van der Waals surface area contributed by atoms with Crippen molar-refractivity contribution < 1.29 is 202 Å². The van der Waals surface area contributed by atoms with Crippen molar-refractivity contribution in [2.75, 3.05) is 33.0 Å².